The smallest absolute Gasteiger partial charge is 0.195 e. The summed E-state index contributed by atoms with van der Waals surface area (Å²) < 4.78 is 7.65. The molecule has 112 valence electrons. The quantitative estimate of drug-likeness (QED) is 0.728. The molecular formula is C15H20N4OS. The largest absolute Gasteiger partial charge is 0.467 e. The minimum Gasteiger partial charge on any atom is -0.467 e. The fourth-order valence-electron chi connectivity index (χ4n) is 2.41. The van der Waals surface area contributed by atoms with Crippen molar-refractivity contribution in [2.75, 3.05) is 18.0 Å². The molecule has 0 aromatic carbocycles. The van der Waals surface area contributed by atoms with E-state index in [1.807, 2.05) is 12.1 Å². The highest BCUT2D eigenvalue weighted by molar-refractivity contribution is 7.15. The third-order valence-electron chi connectivity index (χ3n) is 3.49. The monoisotopic (exact) mass is 304 g/mol. The maximum atomic E-state index is 5.47. The van der Waals surface area contributed by atoms with Gasteiger partial charge in [-0.05, 0) is 25.6 Å². The highest BCUT2D eigenvalue weighted by atomic mass is 32.1. The molecule has 21 heavy (non-hydrogen) atoms. The number of anilines is 1. The van der Waals surface area contributed by atoms with E-state index in [1.165, 1.54) is 5.69 Å². The number of fused-ring (bicyclic) bond motifs is 1. The van der Waals surface area contributed by atoms with Crippen molar-refractivity contribution >= 4 is 22.1 Å². The predicted octanol–water partition coefficient (Wildman–Crippen LogP) is 3.12. The van der Waals surface area contributed by atoms with Gasteiger partial charge in [-0.25, -0.2) is 4.98 Å². The molecule has 0 atom stereocenters. The van der Waals surface area contributed by atoms with Gasteiger partial charge in [0.05, 0.1) is 18.5 Å². The van der Waals surface area contributed by atoms with E-state index in [4.69, 9.17) is 9.40 Å². The Balaban J connectivity index is 1.94. The van der Waals surface area contributed by atoms with Crippen LogP contribution in [0.1, 0.15) is 25.3 Å². The molecule has 0 aliphatic rings. The lowest BCUT2D eigenvalue weighted by atomic mass is 10.3. The van der Waals surface area contributed by atoms with Crippen LogP contribution in [0.2, 0.25) is 0 Å². The molecule has 6 heteroatoms. The molecule has 0 bridgehead atoms. The number of thiazole rings is 1. The fraction of sp³-hybridized carbons (Fsp3) is 0.400. The molecule has 1 N–H and O–H groups in total. The molecule has 0 saturated carbocycles. The predicted molar refractivity (Wildman–Crippen MR) is 85.9 cm³/mol. The number of imidazole rings is 1. The Morgan fingerprint density at radius 1 is 1.43 bits per heavy atom. The Kier molecular flexibility index (Phi) is 4.26. The van der Waals surface area contributed by atoms with Gasteiger partial charge in [0.2, 0.25) is 0 Å². The van der Waals surface area contributed by atoms with Gasteiger partial charge in [0, 0.05) is 24.7 Å². The van der Waals surface area contributed by atoms with Gasteiger partial charge < -0.3 is 14.6 Å². The Bertz CT molecular complexity index is 686. The molecule has 0 aliphatic heterocycles. The van der Waals surface area contributed by atoms with Gasteiger partial charge in [-0.15, -0.1) is 11.3 Å². The summed E-state index contributed by atoms with van der Waals surface area (Å²) in [4.78, 5) is 8.10. The number of aromatic nitrogens is 2. The molecule has 5 nitrogen and oxygen atoms in total. The molecule has 3 rings (SSSR count). The van der Waals surface area contributed by atoms with E-state index in [0.29, 0.717) is 0 Å². The van der Waals surface area contributed by atoms with Gasteiger partial charge in [0.25, 0.3) is 0 Å². The molecule has 0 unspecified atom stereocenters. The average Bonchev–Trinajstić information content (AvgIpc) is 3.20. The van der Waals surface area contributed by atoms with Crippen molar-refractivity contribution in [3.63, 3.8) is 0 Å². The van der Waals surface area contributed by atoms with Crippen LogP contribution in [-0.2, 0) is 13.1 Å². The van der Waals surface area contributed by atoms with E-state index < -0.39 is 0 Å². The fourth-order valence-corrected chi connectivity index (χ4v) is 3.14. The van der Waals surface area contributed by atoms with Gasteiger partial charge >= 0.3 is 0 Å². The molecule has 3 heterocycles. The van der Waals surface area contributed by atoms with Crippen LogP contribution in [0, 0.1) is 0 Å². The highest BCUT2D eigenvalue weighted by Gasteiger charge is 2.18. The third kappa shape index (κ3) is 2.82. The summed E-state index contributed by atoms with van der Waals surface area (Å²) in [6, 6.07) is 3.93. The first-order valence-corrected chi connectivity index (χ1v) is 8.14. The number of rotatable bonds is 7. The first-order chi connectivity index (χ1) is 10.3. The van der Waals surface area contributed by atoms with E-state index in [2.05, 4.69) is 40.0 Å². The molecule has 0 saturated heterocycles. The average molecular weight is 304 g/mol. The van der Waals surface area contributed by atoms with E-state index in [-0.39, 0.29) is 0 Å². The van der Waals surface area contributed by atoms with Crippen LogP contribution >= 0.6 is 11.3 Å². The van der Waals surface area contributed by atoms with E-state index in [9.17, 15) is 0 Å². The van der Waals surface area contributed by atoms with Gasteiger partial charge in [-0.1, -0.05) is 6.92 Å². The normalized spacial score (nSPS) is 11.3. The van der Waals surface area contributed by atoms with Crippen LogP contribution in [0.15, 0.2) is 34.4 Å². The standard InChI is InChI=1S/C15H20N4OS/c1-3-16-10-13-14(17-15-19(13)7-9-21-15)18(4-2)11-12-6-5-8-20-12/h5-9,16H,3-4,10-11H2,1-2H3. The minimum atomic E-state index is 0.744. The second-order valence-electron chi connectivity index (χ2n) is 4.81. The zero-order valence-corrected chi connectivity index (χ0v) is 13.2. The van der Waals surface area contributed by atoms with Crippen molar-refractivity contribution in [2.45, 2.75) is 26.9 Å². The number of nitrogens with zero attached hydrogens (tertiary/aromatic N) is 3. The van der Waals surface area contributed by atoms with Gasteiger partial charge in [-0.3, -0.25) is 4.40 Å². The van der Waals surface area contributed by atoms with Crippen molar-refractivity contribution in [3.8, 4) is 0 Å². The van der Waals surface area contributed by atoms with Gasteiger partial charge in [0.15, 0.2) is 10.8 Å². The topological polar surface area (TPSA) is 45.7 Å². The van der Waals surface area contributed by atoms with Crippen LogP contribution in [0.5, 0.6) is 0 Å². The zero-order chi connectivity index (χ0) is 14.7. The molecular weight excluding hydrogens is 284 g/mol. The summed E-state index contributed by atoms with van der Waals surface area (Å²) in [5.41, 5.74) is 1.21. The molecule has 0 spiro atoms. The molecule has 0 amide bonds. The number of furan rings is 1. The van der Waals surface area contributed by atoms with E-state index in [1.54, 1.807) is 17.6 Å². The summed E-state index contributed by atoms with van der Waals surface area (Å²) in [6.07, 6.45) is 3.80. The first kappa shape index (κ1) is 14.2. The number of nitrogens with one attached hydrogen (secondary N) is 1. The minimum absolute atomic E-state index is 0.744. The lowest BCUT2D eigenvalue weighted by molar-refractivity contribution is 0.502. The third-order valence-corrected chi connectivity index (χ3v) is 4.25. The van der Waals surface area contributed by atoms with Crippen LogP contribution < -0.4 is 10.2 Å². The number of hydrogen-bond acceptors (Lipinski definition) is 5. The zero-order valence-electron chi connectivity index (χ0n) is 12.4. The Labute approximate surface area is 128 Å². The van der Waals surface area contributed by atoms with E-state index >= 15 is 0 Å². The van der Waals surface area contributed by atoms with Crippen LogP contribution in [0.4, 0.5) is 5.82 Å². The highest BCUT2D eigenvalue weighted by Crippen LogP contribution is 2.26. The van der Waals surface area contributed by atoms with Crippen molar-refractivity contribution in [2.24, 2.45) is 0 Å². The summed E-state index contributed by atoms with van der Waals surface area (Å²) in [5, 5.41) is 5.48. The van der Waals surface area contributed by atoms with E-state index in [0.717, 1.165) is 42.7 Å². The Morgan fingerprint density at radius 3 is 3.05 bits per heavy atom. The lowest BCUT2D eigenvalue weighted by Gasteiger charge is -2.21. The summed E-state index contributed by atoms with van der Waals surface area (Å²) in [7, 11) is 0. The first-order valence-electron chi connectivity index (χ1n) is 7.26. The molecule has 3 aromatic rings. The summed E-state index contributed by atoms with van der Waals surface area (Å²) in [5.74, 6) is 2.00. The SMILES string of the molecule is CCNCc1c(N(CC)Cc2ccco2)nc2sccn12. The summed E-state index contributed by atoms with van der Waals surface area (Å²) in [6.45, 7) is 7.66. The van der Waals surface area contributed by atoms with Crippen molar-refractivity contribution in [3.05, 3.63) is 41.4 Å². The van der Waals surface area contributed by atoms with Crippen molar-refractivity contribution in [1.82, 2.24) is 14.7 Å². The van der Waals surface area contributed by atoms with Crippen molar-refractivity contribution < 1.29 is 4.42 Å². The van der Waals surface area contributed by atoms with Crippen LogP contribution in [0.25, 0.3) is 4.96 Å². The number of hydrogen-bond donors (Lipinski definition) is 1. The van der Waals surface area contributed by atoms with Crippen LogP contribution in [-0.4, -0.2) is 22.5 Å². The summed E-state index contributed by atoms with van der Waals surface area (Å²) >= 11 is 1.67. The van der Waals surface area contributed by atoms with Gasteiger partial charge in [0.1, 0.15) is 5.76 Å². The Hall–Kier alpha value is -1.79. The van der Waals surface area contributed by atoms with Crippen molar-refractivity contribution in [1.29, 1.82) is 0 Å². The van der Waals surface area contributed by atoms with Gasteiger partial charge in [-0.2, -0.15) is 0 Å². The molecule has 0 fully saturated rings. The second kappa shape index (κ2) is 6.32. The maximum Gasteiger partial charge on any atom is 0.195 e. The molecule has 0 aliphatic carbocycles. The molecule has 3 aromatic heterocycles. The lowest BCUT2D eigenvalue weighted by Crippen LogP contribution is -2.25. The molecule has 0 radical (unpaired) electrons. The Morgan fingerprint density at radius 2 is 2.33 bits per heavy atom. The maximum absolute atomic E-state index is 5.47. The second-order valence-corrected chi connectivity index (χ2v) is 5.68. The van der Waals surface area contributed by atoms with Crippen LogP contribution in [0.3, 0.4) is 0 Å².